The van der Waals surface area contributed by atoms with E-state index in [0.29, 0.717) is 5.95 Å². The van der Waals surface area contributed by atoms with Gasteiger partial charge in [-0.3, -0.25) is 4.57 Å². The second-order valence-corrected chi connectivity index (χ2v) is 13.9. The molecule has 0 fully saturated rings. The summed E-state index contributed by atoms with van der Waals surface area (Å²) in [6.07, 6.45) is 0. The van der Waals surface area contributed by atoms with E-state index < -0.39 is 0 Å². The second kappa shape index (κ2) is 9.01. The van der Waals surface area contributed by atoms with Crippen molar-refractivity contribution in [2.24, 2.45) is 0 Å². The fourth-order valence-corrected chi connectivity index (χ4v) is 9.52. The van der Waals surface area contributed by atoms with E-state index in [1.165, 1.54) is 35.6 Å². The van der Waals surface area contributed by atoms with Gasteiger partial charge in [-0.15, -0.1) is 22.7 Å². The van der Waals surface area contributed by atoms with E-state index in [1.807, 2.05) is 23.5 Å². The molecule has 4 nitrogen and oxygen atoms in total. The van der Waals surface area contributed by atoms with Crippen LogP contribution >= 0.6 is 22.7 Å². The smallest absolute Gasteiger partial charge is 0.235 e. The lowest BCUT2D eigenvalue weighted by atomic mass is 10.1. The van der Waals surface area contributed by atoms with Gasteiger partial charge in [0.2, 0.25) is 5.95 Å². The molecule has 0 N–H and O–H groups in total. The maximum Gasteiger partial charge on any atom is 0.235 e. The molecule has 0 spiro atoms. The number of thiophene rings is 2. The Morgan fingerprint density at radius 2 is 1.24 bits per heavy atom. The Labute approximate surface area is 269 Å². The Bertz CT molecular complexity index is 3050. The molecule has 0 unspecified atom stereocenters. The first-order valence-corrected chi connectivity index (χ1v) is 16.9. The van der Waals surface area contributed by atoms with E-state index in [9.17, 15) is 0 Å². The van der Waals surface area contributed by atoms with Crippen LogP contribution in [0.1, 0.15) is 0 Å². The fourth-order valence-electron chi connectivity index (χ4n) is 7.27. The molecule has 0 amide bonds. The average molecular weight is 624 g/mol. The van der Waals surface area contributed by atoms with Gasteiger partial charge in [-0.25, -0.2) is 9.97 Å². The van der Waals surface area contributed by atoms with Crippen LogP contribution in [0.5, 0.6) is 0 Å². The summed E-state index contributed by atoms with van der Waals surface area (Å²) < 4.78 is 13.6. The molecule has 5 heterocycles. The minimum atomic E-state index is 0.660. The predicted molar refractivity (Wildman–Crippen MR) is 195 cm³/mol. The molecule has 0 saturated heterocycles. The summed E-state index contributed by atoms with van der Waals surface area (Å²) in [7, 11) is 0. The predicted octanol–water partition coefficient (Wildman–Crippen LogP) is 11.9. The third-order valence-corrected chi connectivity index (χ3v) is 11.5. The SMILES string of the molecule is c1ccc2c(c1)oc1c(-c3nc(-n4c5ccccc5c5ccc6sc7ccccc7c6c54)nc4c3sc3ccccc34)cccc12. The van der Waals surface area contributed by atoms with Crippen molar-refractivity contribution in [2.75, 3.05) is 0 Å². The van der Waals surface area contributed by atoms with E-state index in [-0.39, 0.29) is 0 Å². The van der Waals surface area contributed by atoms with E-state index in [1.54, 1.807) is 11.3 Å². The number of hydrogen-bond acceptors (Lipinski definition) is 5. The first kappa shape index (κ1) is 24.7. The van der Waals surface area contributed by atoms with E-state index in [4.69, 9.17) is 14.4 Å². The van der Waals surface area contributed by atoms with Gasteiger partial charge in [0.15, 0.2) is 0 Å². The Hall–Kier alpha value is -5.56. The van der Waals surface area contributed by atoms with Crippen molar-refractivity contribution in [3.05, 3.63) is 127 Å². The number of aromatic nitrogens is 3. The summed E-state index contributed by atoms with van der Waals surface area (Å²) in [4.78, 5) is 10.9. The van der Waals surface area contributed by atoms with Gasteiger partial charge in [0, 0.05) is 57.4 Å². The van der Waals surface area contributed by atoms with Crippen LogP contribution in [0.15, 0.2) is 132 Å². The molecule has 0 saturated carbocycles. The molecule has 214 valence electrons. The first-order chi connectivity index (χ1) is 22.8. The van der Waals surface area contributed by atoms with Crippen LogP contribution in [0.3, 0.4) is 0 Å². The number of para-hydroxylation sites is 3. The highest BCUT2D eigenvalue weighted by Gasteiger charge is 2.24. The molecule has 46 heavy (non-hydrogen) atoms. The fraction of sp³-hybridized carbons (Fsp3) is 0. The van der Waals surface area contributed by atoms with Crippen molar-refractivity contribution >= 4 is 107 Å². The zero-order valence-corrected chi connectivity index (χ0v) is 25.8. The average Bonchev–Trinajstić information content (AvgIpc) is 3.86. The van der Waals surface area contributed by atoms with Gasteiger partial charge in [0.1, 0.15) is 11.2 Å². The van der Waals surface area contributed by atoms with E-state index >= 15 is 0 Å². The number of hydrogen-bond donors (Lipinski definition) is 0. The van der Waals surface area contributed by atoms with E-state index in [2.05, 4.69) is 120 Å². The van der Waals surface area contributed by atoms with Crippen LogP contribution in [0, 0.1) is 0 Å². The van der Waals surface area contributed by atoms with Crippen molar-refractivity contribution in [1.82, 2.24) is 14.5 Å². The molecule has 0 aliphatic carbocycles. The maximum atomic E-state index is 6.57. The lowest BCUT2D eigenvalue weighted by molar-refractivity contribution is 0.670. The van der Waals surface area contributed by atoms with Gasteiger partial charge >= 0.3 is 0 Å². The standard InChI is InChI=1S/C40H21N3OS2/c1-5-16-29-22(10-1)24-20-21-33-34(26-12-3-7-18-31(26)45-33)37(24)43(29)40-41-35-27-13-4-8-19-32(27)46-39(35)36(42-40)28-15-9-14-25-23-11-2-6-17-30(23)44-38(25)28/h1-21H. The third kappa shape index (κ3) is 3.22. The van der Waals surface area contributed by atoms with Crippen molar-refractivity contribution < 1.29 is 4.42 Å². The van der Waals surface area contributed by atoms with Crippen molar-refractivity contribution in [3.63, 3.8) is 0 Å². The lowest BCUT2D eigenvalue weighted by Crippen LogP contribution is -2.03. The molecule has 0 aliphatic heterocycles. The van der Waals surface area contributed by atoms with Crippen molar-refractivity contribution in [2.45, 2.75) is 0 Å². The molecule has 0 bridgehead atoms. The summed E-state index contributed by atoms with van der Waals surface area (Å²) in [5.41, 5.74) is 6.78. The van der Waals surface area contributed by atoms with Crippen LogP contribution in [0.4, 0.5) is 0 Å². The number of nitrogens with zero attached hydrogens (tertiary/aromatic N) is 3. The Morgan fingerprint density at radius 1 is 0.522 bits per heavy atom. The topological polar surface area (TPSA) is 43.9 Å². The van der Waals surface area contributed by atoms with Crippen molar-refractivity contribution in [1.29, 1.82) is 0 Å². The minimum Gasteiger partial charge on any atom is -0.455 e. The normalized spacial score (nSPS) is 12.3. The summed E-state index contributed by atoms with van der Waals surface area (Å²) in [5, 5.41) is 8.22. The molecule has 6 heteroatoms. The Morgan fingerprint density at radius 3 is 2.13 bits per heavy atom. The zero-order valence-electron chi connectivity index (χ0n) is 24.2. The third-order valence-electron chi connectivity index (χ3n) is 9.24. The highest BCUT2D eigenvalue weighted by atomic mass is 32.1. The van der Waals surface area contributed by atoms with Gasteiger partial charge in [-0.2, -0.15) is 0 Å². The Balaban J connectivity index is 1.34. The van der Waals surface area contributed by atoms with Gasteiger partial charge in [0.05, 0.1) is 26.9 Å². The maximum absolute atomic E-state index is 6.57. The van der Waals surface area contributed by atoms with Crippen LogP contribution in [0.2, 0.25) is 0 Å². The van der Waals surface area contributed by atoms with Gasteiger partial charge < -0.3 is 4.42 Å². The quantitative estimate of drug-likeness (QED) is 0.192. The molecule has 0 aliphatic rings. The van der Waals surface area contributed by atoms with Gasteiger partial charge in [0.25, 0.3) is 0 Å². The lowest BCUT2D eigenvalue weighted by Gasteiger charge is -2.11. The van der Waals surface area contributed by atoms with Crippen LogP contribution in [-0.4, -0.2) is 14.5 Å². The minimum absolute atomic E-state index is 0.660. The number of benzene rings is 6. The molecule has 0 atom stereocenters. The number of fused-ring (bicyclic) bond motifs is 13. The molecule has 6 aromatic carbocycles. The van der Waals surface area contributed by atoms with Crippen LogP contribution in [-0.2, 0) is 0 Å². The summed E-state index contributed by atoms with van der Waals surface area (Å²) >= 11 is 3.58. The van der Waals surface area contributed by atoms with Crippen LogP contribution in [0.25, 0.3) is 101 Å². The molecular weight excluding hydrogens is 603 g/mol. The highest BCUT2D eigenvalue weighted by Crippen LogP contribution is 2.45. The molecule has 11 aromatic rings. The number of furan rings is 1. The van der Waals surface area contributed by atoms with Crippen LogP contribution < -0.4 is 0 Å². The van der Waals surface area contributed by atoms with Gasteiger partial charge in [-0.05, 0) is 36.4 Å². The van der Waals surface area contributed by atoms with E-state index in [0.717, 1.165) is 59.8 Å². The molecule has 5 aromatic heterocycles. The van der Waals surface area contributed by atoms with Gasteiger partial charge in [-0.1, -0.05) is 91.0 Å². The molecule has 11 rings (SSSR count). The summed E-state index contributed by atoms with van der Waals surface area (Å²) in [6, 6.07) is 45.0. The monoisotopic (exact) mass is 623 g/mol. The number of rotatable bonds is 2. The largest absolute Gasteiger partial charge is 0.455 e. The summed E-state index contributed by atoms with van der Waals surface area (Å²) in [5.74, 6) is 0.660. The second-order valence-electron chi connectivity index (χ2n) is 11.7. The molecule has 0 radical (unpaired) electrons. The zero-order chi connectivity index (χ0) is 29.9. The summed E-state index contributed by atoms with van der Waals surface area (Å²) in [6.45, 7) is 0. The first-order valence-electron chi connectivity index (χ1n) is 15.3. The van der Waals surface area contributed by atoms with Crippen molar-refractivity contribution in [3.8, 4) is 17.2 Å². The Kier molecular flexibility index (Phi) is 4.84. The molecular formula is C40H21N3OS2. The highest BCUT2D eigenvalue weighted by molar-refractivity contribution is 7.26.